The van der Waals surface area contributed by atoms with Gasteiger partial charge in [0.1, 0.15) is 5.52 Å². The van der Waals surface area contributed by atoms with Crippen molar-refractivity contribution in [1.82, 2.24) is 13.9 Å². The van der Waals surface area contributed by atoms with Gasteiger partial charge >= 0.3 is 0 Å². The van der Waals surface area contributed by atoms with E-state index in [2.05, 4.69) is 9.55 Å². The Balaban J connectivity index is 1.47. The van der Waals surface area contributed by atoms with Crippen LogP contribution in [0.3, 0.4) is 0 Å². The molecule has 1 fully saturated rings. The SMILES string of the molecule is Cc1cc(C(=O)CSc2nc3cc(S(=O)(=O)N(C)C)ccc3o2)c(C)n1CC1CCCO1. The second kappa shape index (κ2) is 9.01. The predicted molar refractivity (Wildman–Crippen MR) is 123 cm³/mol. The number of ether oxygens (including phenoxy) is 1. The normalized spacial score (nSPS) is 17.0. The zero-order chi connectivity index (χ0) is 23.0. The molecule has 32 heavy (non-hydrogen) atoms. The Morgan fingerprint density at radius 2 is 2.06 bits per heavy atom. The molecule has 1 aliphatic rings. The van der Waals surface area contributed by atoms with Crippen molar-refractivity contribution in [1.29, 1.82) is 0 Å². The van der Waals surface area contributed by atoms with Crippen LogP contribution >= 0.6 is 11.8 Å². The Hall–Kier alpha value is -2.14. The number of nitrogens with zero attached hydrogens (tertiary/aromatic N) is 3. The summed E-state index contributed by atoms with van der Waals surface area (Å²) in [4.78, 5) is 17.4. The average Bonchev–Trinajstić information content (AvgIpc) is 3.47. The molecule has 0 N–H and O–H groups in total. The van der Waals surface area contributed by atoms with E-state index in [-0.39, 0.29) is 22.5 Å². The van der Waals surface area contributed by atoms with Gasteiger partial charge in [-0.3, -0.25) is 4.79 Å². The molecule has 172 valence electrons. The van der Waals surface area contributed by atoms with Gasteiger partial charge in [0.25, 0.3) is 5.22 Å². The first kappa shape index (κ1) is 23.0. The van der Waals surface area contributed by atoms with Crippen LogP contribution in [0.15, 0.2) is 38.8 Å². The van der Waals surface area contributed by atoms with E-state index >= 15 is 0 Å². The maximum absolute atomic E-state index is 12.9. The zero-order valence-corrected chi connectivity index (χ0v) is 20.3. The molecule has 8 nitrogen and oxygen atoms in total. The van der Waals surface area contributed by atoms with Gasteiger partial charge in [-0.2, -0.15) is 0 Å². The molecule has 0 bridgehead atoms. The smallest absolute Gasteiger partial charge is 0.257 e. The number of hydrogen-bond acceptors (Lipinski definition) is 7. The summed E-state index contributed by atoms with van der Waals surface area (Å²) in [5.74, 6) is 0.180. The third-order valence-electron chi connectivity index (χ3n) is 5.73. The second-order valence-corrected chi connectivity index (χ2v) is 11.2. The van der Waals surface area contributed by atoms with E-state index in [4.69, 9.17) is 9.15 Å². The predicted octanol–water partition coefficient (Wildman–Crippen LogP) is 3.65. The average molecular weight is 478 g/mol. The molecule has 0 radical (unpaired) electrons. The van der Waals surface area contributed by atoms with Crippen molar-refractivity contribution < 1.29 is 22.4 Å². The summed E-state index contributed by atoms with van der Waals surface area (Å²) in [6, 6.07) is 6.49. The van der Waals surface area contributed by atoms with Crippen LogP contribution in [0.25, 0.3) is 11.1 Å². The lowest BCUT2D eigenvalue weighted by atomic mass is 10.2. The molecule has 4 rings (SSSR count). The number of thioether (sulfide) groups is 1. The van der Waals surface area contributed by atoms with Crippen LogP contribution < -0.4 is 0 Å². The Morgan fingerprint density at radius 1 is 1.28 bits per heavy atom. The zero-order valence-electron chi connectivity index (χ0n) is 18.6. The van der Waals surface area contributed by atoms with E-state index in [1.165, 1.54) is 38.0 Å². The number of sulfonamides is 1. The van der Waals surface area contributed by atoms with Gasteiger partial charge in [-0.1, -0.05) is 11.8 Å². The highest BCUT2D eigenvalue weighted by Gasteiger charge is 2.22. The lowest BCUT2D eigenvalue weighted by molar-refractivity contribution is 0.0957. The number of aromatic nitrogens is 2. The molecule has 1 aliphatic heterocycles. The number of oxazole rings is 1. The van der Waals surface area contributed by atoms with E-state index in [0.29, 0.717) is 21.9 Å². The summed E-state index contributed by atoms with van der Waals surface area (Å²) in [7, 11) is -0.598. The first-order chi connectivity index (χ1) is 15.2. The van der Waals surface area contributed by atoms with Crippen LogP contribution in [0, 0.1) is 13.8 Å². The molecule has 0 amide bonds. The molecule has 1 unspecified atom stereocenters. The second-order valence-electron chi connectivity index (χ2n) is 8.14. The van der Waals surface area contributed by atoms with Crippen molar-refractivity contribution in [3.8, 4) is 0 Å². The lowest BCUT2D eigenvalue weighted by Crippen LogP contribution is -2.22. The Bertz CT molecular complexity index is 1250. The molecule has 2 aromatic heterocycles. The van der Waals surface area contributed by atoms with Crippen molar-refractivity contribution in [2.75, 3.05) is 26.5 Å². The minimum atomic E-state index is -3.56. The van der Waals surface area contributed by atoms with Gasteiger partial charge in [0.15, 0.2) is 11.4 Å². The fraction of sp³-hybridized carbons (Fsp3) is 0.455. The van der Waals surface area contributed by atoms with Crippen LogP contribution in [0.2, 0.25) is 0 Å². The Kier molecular flexibility index (Phi) is 6.49. The minimum Gasteiger partial charge on any atom is -0.431 e. The molecule has 1 aromatic carbocycles. The third-order valence-corrected chi connectivity index (χ3v) is 8.37. The van der Waals surface area contributed by atoms with Crippen molar-refractivity contribution >= 4 is 38.7 Å². The molecule has 10 heteroatoms. The highest BCUT2D eigenvalue weighted by Crippen LogP contribution is 2.28. The standard InChI is InChI=1S/C22H27N3O5S2/c1-14-10-18(15(2)25(14)12-16-6-5-9-29-16)20(26)13-31-22-23-19-11-17(7-8-21(19)30-22)32(27,28)24(3)4/h7-8,10-11,16H,5-6,9,12-13H2,1-4H3. The molecule has 0 saturated carbocycles. The fourth-order valence-corrected chi connectivity index (χ4v) is 5.52. The van der Waals surface area contributed by atoms with Gasteiger partial charge in [0, 0.05) is 44.2 Å². The van der Waals surface area contributed by atoms with Crippen LogP contribution in [-0.4, -0.2) is 60.6 Å². The molecule has 0 aliphatic carbocycles. The summed E-state index contributed by atoms with van der Waals surface area (Å²) in [5.41, 5.74) is 3.61. The number of hydrogen-bond donors (Lipinski definition) is 0. The van der Waals surface area contributed by atoms with Crippen molar-refractivity contribution in [2.24, 2.45) is 0 Å². The number of fused-ring (bicyclic) bond motifs is 1. The molecule has 0 spiro atoms. The topological polar surface area (TPSA) is 94.6 Å². The quantitative estimate of drug-likeness (QED) is 0.361. The highest BCUT2D eigenvalue weighted by atomic mass is 32.2. The van der Waals surface area contributed by atoms with Crippen LogP contribution in [0.5, 0.6) is 0 Å². The minimum absolute atomic E-state index is 0.000166. The summed E-state index contributed by atoms with van der Waals surface area (Å²) < 4.78 is 39.4. The van der Waals surface area contributed by atoms with E-state index < -0.39 is 10.0 Å². The number of carbonyl (C=O) groups excluding carboxylic acids is 1. The molecule has 1 saturated heterocycles. The summed E-state index contributed by atoms with van der Waals surface area (Å²) >= 11 is 1.20. The Labute approximate surface area is 192 Å². The molecule has 3 heterocycles. The number of rotatable bonds is 8. The van der Waals surface area contributed by atoms with Gasteiger partial charge in [-0.05, 0) is 51.0 Å². The van der Waals surface area contributed by atoms with Crippen LogP contribution in [-0.2, 0) is 21.3 Å². The first-order valence-electron chi connectivity index (χ1n) is 10.4. The third kappa shape index (κ3) is 4.50. The van der Waals surface area contributed by atoms with Crippen molar-refractivity contribution in [2.45, 2.75) is 49.5 Å². The Morgan fingerprint density at radius 3 is 2.75 bits per heavy atom. The summed E-state index contributed by atoms with van der Waals surface area (Å²) in [5, 5.41) is 0.334. The van der Waals surface area contributed by atoms with E-state index in [9.17, 15) is 13.2 Å². The summed E-state index contributed by atoms with van der Waals surface area (Å²) in [6.45, 7) is 5.54. The molecule has 3 aromatic rings. The number of aryl methyl sites for hydroxylation is 1. The van der Waals surface area contributed by atoms with E-state index in [1.54, 1.807) is 6.07 Å². The van der Waals surface area contributed by atoms with Gasteiger partial charge in [-0.15, -0.1) is 0 Å². The van der Waals surface area contributed by atoms with E-state index in [1.807, 2.05) is 19.9 Å². The number of carbonyl (C=O) groups is 1. The first-order valence-corrected chi connectivity index (χ1v) is 12.9. The van der Waals surface area contributed by atoms with E-state index in [0.717, 1.165) is 41.7 Å². The molecular weight excluding hydrogens is 450 g/mol. The van der Waals surface area contributed by atoms with Gasteiger partial charge in [0.05, 0.1) is 16.8 Å². The van der Waals surface area contributed by atoms with Gasteiger partial charge in [0.2, 0.25) is 10.0 Å². The van der Waals surface area contributed by atoms with Gasteiger partial charge < -0.3 is 13.7 Å². The number of Topliss-reactive ketones (excluding diaryl/α,β-unsaturated/α-hetero) is 1. The maximum atomic E-state index is 12.9. The number of ketones is 1. The maximum Gasteiger partial charge on any atom is 0.257 e. The number of benzene rings is 1. The highest BCUT2D eigenvalue weighted by molar-refractivity contribution is 7.99. The van der Waals surface area contributed by atoms with Gasteiger partial charge in [-0.25, -0.2) is 17.7 Å². The molecule has 1 atom stereocenters. The van der Waals surface area contributed by atoms with Crippen LogP contribution in [0.1, 0.15) is 34.6 Å². The van der Waals surface area contributed by atoms with Crippen LogP contribution in [0.4, 0.5) is 0 Å². The van der Waals surface area contributed by atoms with Crippen molar-refractivity contribution in [3.63, 3.8) is 0 Å². The largest absolute Gasteiger partial charge is 0.431 e. The van der Waals surface area contributed by atoms with Crippen molar-refractivity contribution in [3.05, 3.63) is 41.2 Å². The lowest BCUT2D eigenvalue weighted by Gasteiger charge is -2.14. The fourth-order valence-electron chi connectivity index (χ4n) is 3.88. The molecular formula is C22H27N3O5S2. The monoisotopic (exact) mass is 477 g/mol. The summed E-state index contributed by atoms with van der Waals surface area (Å²) in [6.07, 6.45) is 2.34.